The summed E-state index contributed by atoms with van der Waals surface area (Å²) < 4.78 is 5.01. The number of amides is 1. The van der Waals surface area contributed by atoms with Gasteiger partial charge in [0, 0.05) is 22.7 Å². The minimum atomic E-state index is -0.491. The fraction of sp³-hybridized carbons (Fsp3) is 0.294. The topological polar surface area (TPSA) is 111 Å². The van der Waals surface area contributed by atoms with Gasteiger partial charge in [0.2, 0.25) is 5.91 Å². The van der Waals surface area contributed by atoms with Crippen LogP contribution in [0.4, 0.5) is 16.4 Å². The summed E-state index contributed by atoms with van der Waals surface area (Å²) >= 11 is 1.33. The number of carbonyl (C=O) groups is 2. The molecule has 0 bridgehead atoms. The first kappa shape index (κ1) is 19.4. The number of thiophene rings is 1. The van der Waals surface area contributed by atoms with E-state index in [1.54, 1.807) is 13.0 Å². The third kappa shape index (κ3) is 5.03. The number of nitrogens with zero attached hydrogens (tertiary/aromatic N) is 1. The number of esters is 1. The van der Waals surface area contributed by atoms with Crippen LogP contribution in [0.3, 0.4) is 0 Å². The molecule has 0 fully saturated rings. The van der Waals surface area contributed by atoms with E-state index in [0.717, 1.165) is 11.3 Å². The van der Waals surface area contributed by atoms with E-state index in [1.807, 2.05) is 6.92 Å². The van der Waals surface area contributed by atoms with Gasteiger partial charge in [0.05, 0.1) is 23.6 Å². The number of nitro groups is 1. The highest BCUT2D eigenvalue weighted by Crippen LogP contribution is 2.29. The molecule has 0 radical (unpaired) electrons. The minimum absolute atomic E-state index is 0.0234. The molecule has 1 amide bonds. The molecule has 1 heterocycles. The van der Waals surface area contributed by atoms with Crippen molar-refractivity contribution >= 4 is 39.6 Å². The number of nitro benzene ring substituents is 1. The molecule has 0 aliphatic carbocycles. The third-order valence-corrected chi connectivity index (χ3v) is 4.61. The molecule has 0 aliphatic rings. The third-order valence-electron chi connectivity index (χ3n) is 3.41. The SMILES string of the molecule is CCOC(=O)c1cc(CC)sc1NC(=O)CNc1ccc([N+](=O)[O-])cc1. The fourth-order valence-corrected chi connectivity index (χ4v) is 3.12. The Morgan fingerprint density at radius 3 is 2.50 bits per heavy atom. The number of non-ortho nitro benzene ring substituents is 1. The second-order valence-electron chi connectivity index (χ2n) is 5.24. The molecule has 2 aromatic rings. The molecule has 26 heavy (non-hydrogen) atoms. The second kappa shape index (κ2) is 8.95. The maximum Gasteiger partial charge on any atom is 0.341 e. The standard InChI is InChI=1S/C17H19N3O5S/c1-3-13-9-14(17(22)25-4-2)16(26-13)19-15(21)10-18-11-5-7-12(8-6-11)20(23)24/h5-9,18H,3-4,10H2,1-2H3,(H,19,21). The van der Waals surface area contributed by atoms with Gasteiger partial charge < -0.3 is 15.4 Å². The molecule has 8 nitrogen and oxygen atoms in total. The summed E-state index contributed by atoms with van der Waals surface area (Å²) in [5.74, 6) is -0.805. The van der Waals surface area contributed by atoms with Crippen molar-refractivity contribution in [3.8, 4) is 0 Å². The largest absolute Gasteiger partial charge is 0.462 e. The van der Waals surface area contributed by atoms with Crippen molar-refractivity contribution in [1.82, 2.24) is 0 Å². The molecular weight excluding hydrogens is 358 g/mol. The van der Waals surface area contributed by atoms with Gasteiger partial charge in [0.25, 0.3) is 5.69 Å². The molecule has 0 spiro atoms. The summed E-state index contributed by atoms with van der Waals surface area (Å²) in [6, 6.07) is 7.48. The molecule has 2 N–H and O–H groups in total. The molecule has 2 rings (SSSR count). The quantitative estimate of drug-likeness (QED) is 0.414. The van der Waals surface area contributed by atoms with E-state index in [1.165, 1.54) is 35.6 Å². The van der Waals surface area contributed by atoms with Crippen molar-refractivity contribution < 1.29 is 19.2 Å². The van der Waals surface area contributed by atoms with E-state index in [9.17, 15) is 19.7 Å². The second-order valence-corrected chi connectivity index (χ2v) is 6.37. The van der Waals surface area contributed by atoms with E-state index in [-0.39, 0.29) is 24.7 Å². The molecule has 0 saturated carbocycles. The number of anilines is 2. The first-order valence-corrected chi connectivity index (χ1v) is 8.84. The number of nitrogens with one attached hydrogen (secondary N) is 2. The fourth-order valence-electron chi connectivity index (χ4n) is 2.12. The summed E-state index contributed by atoms with van der Waals surface area (Å²) in [4.78, 5) is 35.3. The van der Waals surface area contributed by atoms with Crippen LogP contribution in [0.15, 0.2) is 30.3 Å². The van der Waals surface area contributed by atoms with E-state index in [4.69, 9.17) is 4.74 Å². The Morgan fingerprint density at radius 1 is 1.23 bits per heavy atom. The van der Waals surface area contributed by atoms with Crippen molar-refractivity contribution in [2.24, 2.45) is 0 Å². The average molecular weight is 377 g/mol. The first-order chi connectivity index (χ1) is 12.4. The number of ether oxygens (including phenoxy) is 1. The van der Waals surface area contributed by atoms with Crippen LogP contribution in [-0.4, -0.2) is 30.0 Å². The Bertz CT molecular complexity index is 801. The first-order valence-electron chi connectivity index (χ1n) is 8.02. The van der Waals surface area contributed by atoms with Gasteiger partial charge in [-0.05, 0) is 31.5 Å². The lowest BCUT2D eigenvalue weighted by Gasteiger charge is -2.08. The number of rotatable bonds is 8. The van der Waals surface area contributed by atoms with E-state index in [0.29, 0.717) is 16.3 Å². The van der Waals surface area contributed by atoms with Gasteiger partial charge in [-0.2, -0.15) is 0 Å². The zero-order valence-electron chi connectivity index (χ0n) is 14.4. The van der Waals surface area contributed by atoms with Crippen LogP contribution in [0, 0.1) is 10.1 Å². The molecule has 0 unspecified atom stereocenters. The lowest BCUT2D eigenvalue weighted by molar-refractivity contribution is -0.384. The molecule has 9 heteroatoms. The smallest absolute Gasteiger partial charge is 0.341 e. The van der Waals surface area contributed by atoms with E-state index < -0.39 is 10.9 Å². The van der Waals surface area contributed by atoms with Crippen molar-refractivity contribution in [2.45, 2.75) is 20.3 Å². The van der Waals surface area contributed by atoms with Gasteiger partial charge >= 0.3 is 5.97 Å². The Balaban J connectivity index is 1.99. The maximum absolute atomic E-state index is 12.2. The maximum atomic E-state index is 12.2. The number of hydrogen-bond donors (Lipinski definition) is 2. The van der Waals surface area contributed by atoms with Crippen LogP contribution < -0.4 is 10.6 Å². The zero-order chi connectivity index (χ0) is 19.1. The minimum Gasteiger partial charge on any atom is -0.462 e. The molecule has 1 aromatic carbocycles. The van der Waals surface area contributed by atoms with Crippen LogP contribution in [0.25, 0.3) is 0 Å². The van der Waals surface area contributed by atoms with Crippen LogP contribution in [0.1, 0.15) is 29.1 Å². The average Bonchev–Trinajstić information content (AvgIpc) is 3.03. The van der Waals surface area contributed by atoms with Crippen molar-refractivity contribution in [1.29, 1.82) is 0 Å². The number of aryl methyl sites for hydroxylation is 1. The van der Waals surface area contributed by atoms with Crippen LogP contribution in [0.5, 0.6) is 0 Å². The summed E-state index contributed by atoms with van der Waals surface area (Å²) in [5, 5.41) is 16.7. The predicted molar refractivity (Wildman–Crippen MR) is 99.9 cm³/mol. The van der Waals surface area contributed by atoms with Crippen molar-refractivity contribution in [2.75, 3.05) is 23.8 Å². The number of benzene rings is 1. The van der Waals surface area contributed by atoms with Crippen molar-refractivity contribution in [3.05, 3.63) is 50.9 Å². The van der Waals surface area contributed by atoms with E-state index >= 15 is 0 Å². The Labute approximate surface area is 154 Å². The zero-order valence-corrected chi connectivity index (χ0v) is 15.2. The Kier molecular flexibility index (Phi) is 6.67. The van der Waals surface area contributed by atoms with Gasteiger partial charge in [-0.15, -0.1) is 11.3 Å². The van der Waals surface area contributed by atoms with Gasteiger partial charge in [0.1, 0.15) is 5.00 Å². The number of hydrogen-bond acceptors (Lipinski definition) is 7. The molecular formula is C17H19N3O5S. The molecule has 0 atom stereocenters. The lowest BCUT2D eigenvalue weighted by atomic mass is 10.2. The summed E-state index contributed by atoms with van der Waals surface area (Å²) in [7, 11) is 0. The monoisotopic (exact) mass is 377 g/mol. The van der Waals surface area contributed by atoms with Gasteiger partial charge in [-0.3, -0.25) is 14.9 Å². The summed E-state index contributed by atoms with van der Waals surface area (Å²) in [6.07, 6.45) is 0.744. The number of carbonyl (C=O) groups excluding carboxylic acids is 2. The molecule has 138 valence electrons. The van der Waals surface area contributed by atoms with Gasteiger partial charge in [-0.1, -0.05) is 6.92 Å². The van der Waals surface area contributed by atoms with Crippen molar-refractivity contribution in [3.63, 3.8) is 0 Å². The Morgan fingerprint density at radius 2 is 1.92 bits per heavy atom. The van der Waals surface area contributed by atoms with E-state index in [2.05, 4.69) is 10.6 Å². The van der Waals surface area contributed by atoms with Gasteiger partial charge in [-0.25, -0.2) is 4.79 Å². The highest BCUT2D eigenvalue weighted by molar-refractivity contribution is 7.16. The summed E-state index contributed by atoms with van der Waals surface area (Å²) in [6.45, 7) is 3.89. The molecule has 0 aliphatic heterocycles. The predicted octanol–water partition coefficient (Wildman–Crippen LogP) is 3.45. The molecule has 1 aromatic heterocycles. The molecule has 0 saturated heterocycles. The van der Waals surface area contributed by atoms with Crippen LogP contribution >= 0.6 is 11.3 Å². The van der Waals surface area contributed by atoms with Crippen LogP contribution in [0.2, 0.25) is 0 Å². The van der Waals surface area contributed by atoms with Crippen LogP contribution in [-0.2, 0) is 16.0 Å². The van der Waals surface area contributed by atoms with Gasteiger partial charge in [0.15, 0.2) is 0 Å². The highest BCUT2D eigenvalue weighted by atomic mass is 32.1. The Hall–Kier alpha value is -2.94. The summed E-state index contributed by atoms with van der Waals surface area (Å²) in [5.41, 5.74) is 0.902. The lowest BCUT2D eigenvalue weighted by Crippen LogP contribution is -2.22. The normalized spacial score (nSPS) is 10.2. The highest BCUT2D eigenvalue weighted by Gasteiger charge is 2.18.